The monoisotopic (exact) mass is 504 g/mol. The van der Waals surface area contributed by atoms with E-state index in [9.17, 15) is 14.0 Å². The highest BCUT2D eigenvalue weighted by molar-refractivity contribution is 8.18. The minimum absolute atomic E-state index is 0.244. The van der Waals surface area contributed by atoms with Crippen LogP contribution in [0.2, 0.25) is 0 Å². The van der Waals surface area contributed by atoms with Crippen molar-refractivity contribution in [3.63, 3.8) is 0 Å². The maximum atomic E-state index is 13.9. The number of nitrogens with zero attached hydrogens (tertiary/aromatic N) is 3. The number of rotatable bonds is 7. The summed E-state index contributed by atoms with van der Waals surface area (Å²) in [5.74, 6) is -0.162. The Labute approximate surface area is 212 Å². The van der Waals surface area contributed by atoms with E-state index in [0.29, 0.717) is 29.1 Å². The third kappa shape index (κ3) is 5.95. The van der Waals surface area contributed by atoms with E-state index in [0.717, 1.165) is 54.1 Å². The molecule has 3 N–H and O–H groups in total. The molecule has 36 heavy (non-hydrogen) atoms. The molecule has 1 saturated heterocycles. The van der Waals surface area contributed by atoms with E-state index in [1.165, 1.54) is 6.07 Å². The zero-order valence-electron chi connectivity index (χ0n) is 19.4. The third-order valence-electron chi connectivity index (χ3n) is 6.28. The predicted molar refractivity (Wildman–Crippen MR) is 137 cm³/mol. The Bertz CT molecular complexity index is 1290. The molecule has 1 aromatic carbocycles. The topological polar surface area (TPSA) is 109 Å². The second-order valence-electron chi connectivity index (χ2n) is 8.77. The molecule has 0 atom stereocenters. The third-order valence-corrected chi connectivity index (χ3v) is 7.09. The molecule has 2 fully saturated rings. The van der Waals surface area contributed by atoms with E-state index in [2.05, 4.69) is 30.9 Å². The summed E-state index contributed by atoms with van der Waals surface area (Å²) in [6.07, 6.45) is 10.6. The Kier molecular flexibility index (Phi) is 7.33. The van der Waals surface area contributed by atoms with Gasteiger partial charge in [-0.05, 0) is 78.9 Å². The first-order valence-electron chi connectivity index (χ1n) is 11.8. The van der Waals surface area contributed by atoms with Crippen molar-refractivity contribution < 1.29 is 14.0 Å². The van der Waals surface area contributed by atoms with Crippen molar-refractivity contribution in [3.8, 4) is 11.1 Å². The SMILES string of the molecule is O=C1NC(=O)/C(=C/c2ccnc(NC3CCC(NCc4ccc(F)cc4-c4cccnc4)CC3)n2)S1. The zero-order chi connectivity index (χ0) is 24.9. The van der Waals surface area contributed by atoms with Gasteiger partial charge in [0, 0.05) is 42.8 Å². The summed E-state index contributed by atoms with van der Waals surface area (Å²) in [4.78, 5) is 36.4. The molecule has 1 saturated carbocycles. The molecule has 2 amide bonds. The van der Waals surface area contributed by atoms with E-state index in [4.69, 9.17) is 0 Å². The summed E-state index contributed by atoms with van der Waals surface area (Å²) in [6, 6.07) is 11.0. The normalized spacial score (nSPS) is 21.0. The van der Waals surface area contributed by atoms with Crippen LogP contribution in [0.5, 0.6) is 0 Å². The molecule has 5 rings (SSSR count). The van der Waals surface area contributed by atoms with Gasteiger partial charge in [0.05, 0.1) is 10.6 Å². The second-order valence-corrected chi connectivity index (χ2v) is 9.79. The standard InChI is InChI=1S/C26H25FN6O2S/c27-18-4-3-17(22(12-18)16-2-1-10-28-14-16)15-30-19-5-7-20(8-6-19)31-25-29-11-9-21(32-25)13-23-24(34)33-26(35)36-23/h1-4,9-14,19-20,30H,5-8,15H2,(H,29,31,32)(H,33,34,35)/b23-13-. The molecule has 0 unspecified atom stereocenters. The van der Waals surface area contributed by atoms with E-state index in [-0.39, 0.29) is 17.1 Å². The lowest BCUT2D eigenvalue weighted by Gasteiger charge is -2.30. The summed E-state index contributed by atoms with van der Waals surface area (Å²) < 4.78 is 13.9. The maximum Gasteiger partial charge on any atom is 0.290 e. The predicted octanol–water partition coefficient (Wildman–Crippen LogP) is 4.51. The Morgan fingerprint density at radius 1 is 1.08 bits per heavy atom. The Balaban J connectivity index is 1.15. The zero-order valence-corrected chi connectivity index (χ0v) is 20.2. The molecule has 10 heteroatoms. The van der Waals surface area contributed by atoms with Gasteiger partial charge in [0.25, 0.3) is 11.1 Å². The molecule has 2 aliphatic rings. The number of pyridine rings is 1. The van der Waals surface area contributed by atoms with Crippen LogP contribution in [0.4, 0.5) is 15.1 Å². The van der Waals surface area contributed by atoms with Crippen LogP contribution in [-0.2, 0) is 11.3 Å². The number of anilines is 1. The summed E-state index contributed by atoms with van der Waals surface area (Å²) in [5.41, 5.74) is 3.37. The van der Waals surface area contributed by atoms with E-state index in [1.54, 1.807) is 36.8 Å². The highest BCUT2D eigenvalue weighted by Gasteiger charge is 2.25. The van der Waals surface area contributed by atoms with Gasteiger partial charge < -0.3 is 10.6 Å². The molecule has 0 spiro atoms. The van der Waals surface area contributed by atoms with Crippen LogP contribution in [-0.4, -0.2) is 38.2 Å². The number of benzene rings is 1. The van der Waals surface area contributed by atoms with E-state index >= 15 is 0 Å². The van der Waals surface area contributed by atoms with Crippen molar-refractivity contribution in [2.75, 3.05) is 5.32 Å². The highest BCUT2D eigenvalue weighted by atomic mass is 32.2. The first-order chi connectivity index (χ1) is 17.5. The fourth-order valence-corrected chi connectivity index (χ4v) is 5.12. The van der Waals surface area contributed by atoms with E-state index in [1.807, 2.05) is 18.2 Å². The Morgan fingerprint density at radius 2 is 1.92 bits per heavy atom. The number of imide groups is 1. The van der Waals surface area contributed by atoms with Crippen molar-refractivity contribution in [2.45, 2.75) is 44.3 Å². The molecule has 1 aliphatic heterocycles. The summed E-state index contributed by atoms with van der Waals surface area (Å²) >= 11 is 0.865. The lowest BCUT2D eigenvalue weighted by atomic mass is 9.91. The number of nitrogens with one attached hydrogen (secondary N) is 3. The summed E-state index contributed by atoms with van der Waals surface area (Å²) in [7, 11) is 0. The highest BCUT2D eigenvalue weighted by Crippen LogP contribution is 2.27. The van der Waals surface area contributed by atoms with Gasteiger partial charge in [-0.2, -0.15) is 0 Å². The number of halogens is 1. The Hall–Kier alpha value is -3.63. The van der Waals surface area contributed by atoms with Gasteiger partial charge in [0.1, 0.15) is 5.82 Å². The molecule has 2 aromatic heterocycles. The summed E-state index contributed by atoms with van der Waals surface area (Å²) in [6.45, 7) is 0.654. The van der Waals surface area contributed by atoms with Crippen LogP contribution >= 0.6 is 11.8 Å². The number of hydrogen-bond donors (Lipinski definition) is 3. The van der Waals surface area contributed by atoms with Crippen molar-refractivity contribution in [1.29, 1.82) is 0 Å². The number of carbonyl (C=O) groups is 2. The number of amides is 2. The maximum absolute atomic E-state index is 13.9. The van der Waals surface area contributed by atoms with Gasteiger partial charge in [-0.25, -0.2) is 14.4 Å². The van der Waals surface area contributed by atoms with Crippen LogP contribution in [0.3, 0.4) is 0 Å². The number of thioether (sulfide) groups is 1. The van der Waals surface area contributed by atoms with Crippen LogP contribution in [0.25, 0.3) is 17.2 Å². The van der Waals surface area contributed by atoms with Gasteiger partial charge in [-0.3, -0.25) is 19.9 Å². The molecular weight excluding hydrogens is 479 g/mol. The Morgan fingerprint density at radius 3 is 2.67 bits per heavy atom. The quantitative estimate of drug-likeness (QED) is 0.403. The van der Waals surface area contributed by atoms with Crippen molar-refractivity contribution in [3.05, 3.63) is 77.0 Å². The van der Waals surface area contributed by atoms with Crippen molar-refractivity contribution in [2.24, 2.45) is 0 Å². The average Bonchev–Trinajstić information content (AvgIpc) is 3.21. The first-order valence-corrected chi connectivity index (χ1v) is 12.6. The molecule has 184 valence electrons. The van der Waals surface area contributed by atoms with Gasteiger partial charge >= 0.3 is 0 Å². The molecular formula is C26H25FN6O2S. The van der Waals surface area contributed by atoms with Crippen LogP contribution in [0.1, 0.15) is 36.9 Å². The number of aromatic nitrogens is 3. The minimum atomic E-state index is -0.405. The average molecular weight is 505 g/mol. The lowest BCUT2D eigenvalue weighted by Crippen LogP contribution is -2.37. The minimum Gasteiger partial charge on any atom is -0.351 e. The van der Waals surface area contributed by atoms with E-state index < -0.39 is 5.91 Å². The van der Waals surface area contributed by atoms with Gasteiger partial charge in [0.2, 0.25) is 5.95 Å². The van der Waals surface area contributed by atoms with Crippen LogP contribution in [0, 0.1) is 5.82 Å². The fourth-order valence-electron chi connectivity index (χ4n) is 4.45. The van der Waals surface area contributed by atoms with Gasteiger partial charge in [0.15, 0.2) is 0 Å². The largest absolute Gasteiger partial charge is 0.351 e. The van der Waals surface area contributed by atoms with Crippen molar-refractivity contribution in [1.82, 2.24) is 25.6 Å². The summed E-state index contributed by atoms with van der Waals surface area (Å²) in [5, 5.41) is 8.89. The molecule has 3 heterocycles. The number of carbonyl (C=O) groups excluding carboxylic acids is 2. The number of hydrogen-bond acceptors (Lipinski definition) is 8. The molecule has 1 aliphatic carbocycles. The lowest BCUT2D eigenvalue weighted by molar-refractivity contribution is -0.115. The van der Waals surface area contributed by atoms with Crippen LogP contribution in [0.15, 0.2) is 59.9 Å². The molecule has 0 bridgehead atoms. The van der Waals surface area contributed by atoms with Gasteiger partial charge in [-0.15, -0.1) is 0 Å². The van der Waals surface area contributed by atoms with Gasteiger partial charge in [-0.1, -0.05) is 12.1 Å². The second kappa shape index (κ2) is 11.0. The van der Waals surface area contributed by atoms with Crippen molar-refractivity contribution >= 4 is 34.9 Å². The molecule has 0 radical (unpaired) electrons. The first kappa shape index (κ1) is 24.1. The smallest absolute Gasteiger partial charge is 0.290 e. The molecule has 3 aromatic rings. The molecule has 8 nitrogen and oxygen atoms in total. The van der Waals surface area contributed by atoms with Crippen LogP contribution < -0.4 is 16.0 Å². The fraction of sp³-hybridized carbons (Fsp3) is 0.269.